The highest BCUT2D eigenvalue weighted by atomic mass is 127. The Bertz CT molecular complexity index is 349. The van der Waals surface area contributed by atoms with E-state index < -0.39 is 0 Å². The van der Waals surface area contributed by atoms with Crippen LogP contribution in [0.25, 0.3) is 0 Å². The highest BCUT2D eigenvalue weighted by molar-refractivity contribution is 14.0. The van der Waals surface area contributed by atoms with Gasteiger partial charge in [0.1, 0.15) is 0 Å². The number of hydrogen-bond donors (Lipinski definition) is 1. The van der Waals surface area contributed by atoms with E-state index in [9.17, 15) is 0 Å². The number of nitrogens with one attached hydrogen (secondary N) is 1. The van der Waals surface area contributed by atoms with Crippen molar-refractivity contribution in [3.63, 3.8) is 0 Å². The van der Waals surface area contributed by atoms with Crippen molar-refractivity contribution in [2.75, 3.05) is 46.8 Å². The summed E-state index contributed by atoms with van der Waals surface area (Å²) >= 11 is 0. The van der Waals surface area contributed by atoms with Crippen molar-refractivity contribution in [2.24, 2.45) is 16.8 Å². The van der Waals surface area contributed by atoms with Gasteiger partial charge in [0.25, 0.3) is 0 Å². The fourth-order valence-corrected chi connectivity index (χ4v) is 3.60. The number of halogens is 1. The van der Waals surface area contributed by atoms with E-state index in [1.807, 2.05) is 13.1 Å². The minimum Gasteiger partial charge on any atom is -0.356 e. The molecule has 0 saturated carbocycles. The molecule has 0 amide bonds. The van der Waals surface area contributed by atoms with Crippen LogP contribution in [0.15, 0.2) is 17.6 Å². The lowest BCUT2D eigenvalue weighted by Gasteiger charge is -2.35. The number of allylic oxidation sites excluding steroid dienone is 1. The second-order valence-electron chi connectivity index (χ2n) is 7.24. The molecule has 0 aromatic rings. The number of piperidine rings is 1. The molecule has 1 aliphatic heterocycles. The molecule has 1 heterocycles. The molecule has 0 aliphatic carbocycles. The van der Waals surface area contributed by atoms with Crippen LogP contribution in [0.3, 0.4) is 0 Å². The Labute approximate surface area is 167 Å². The molecule has 4 nitrogen and oxygen atoms in total. The van der Waals surface area contributed by atoms with E-state index >= 15 is 0 Å². The zero-order chi connectivity index (χ0) is 17.1. The van der Waals surface area contributed by atoms with E-state index in [0.717, 1.165) is 43.7 Å². The SMILES string of the molecule is C=CCCCN(C)C(=NC)NCCCCN1CC(C)CC(C)C1.I. The fraction of sp³-hybridized carbons (Fsp3) is 0.842. The molecular formula is C19H39IN4. The summed E-state index contributed by atoms with van der Waals surface area (Å²) in [6.07, 6.45) is 8.04. The zero-order valence-corrected chi connectivity index (χ0v) is 18.6. The van der Waals surface area contributed by atoms with Gasteiger partial charge in [-0.3, -0.25) is 4.99 Å². The summed E-state index contributed by atoms with van der Waals surface area (Å²) in [6, 6.07) is 0. The molecule has 1 aliphatic rings. The molecule has 1 rings (SSSR count). The molecule has 2 atom stereocenters. The second-order valence-corrected chi connectivity index (χ2v) is 7.24. The van der Waals surface area contributed by atoms with E-state index in [4.69, 9.17) is 0 Å². The van der Waals surface area contributed by atoms with Gasteiger partial charge < -0.3 is 15.1 Å². The van der Waals surface area contributed by atoms with Crippen LogP contribution in [0.5, 0.6) is 0 Å². The summed E-state index contributed by atoms with van der Waals surface area (Å²) in [7, 11) is 3.97. The molecule has 0 radical (unpaired) electrons. The minimum absolute atomic E-state index is 0. The molecule has 1 fully saturated rings. The van der Waals surface area contributed by atoms with Crippen molar-refractivity contribution in [1.82, 2.24) is 15.1 Å². The third-order valence-corrected chi connectivity index (χ3v) is 4.60. The molecule has 142 valence electrons. The Morgan fingerprint density at radius 1 is 1.25 bits per heavy atom. The predicted octanol–water partition coefficient (Wildman–Crippen LogP) is 3.84. The van der Waals surface area contributed by atoms with E-state index in [0.29, 0.717) is 0 Å². The van der Waals surface area contributed by atoms with Crippen LogP contribution in [0.1, 0.15) is 46.0 Å². The molecule has 5 heteroatoms. The Morgan fingerprint density at radius 2 is 1.92 bits per heavy atom. The van der Waals surface area contributed by atoms with Crippen molar-refractivity contribution < 1.29 is 0 Å². The first-order chi connectivity index (χ1) is 11.1. The number of hydrogen-bond acceptors (Lipinski definition) is 2. The van der Waals surface area contributed by atoms with Crippen molar-refractivity contribution >= 4 is 29.9 Å². The maximum Gasteiger partial charge on any atom is 0.193 e. The predicted molar refractivity (Wildman–Crippen MR) is 117 cm³/mol. The molecule has 0 aromatic carbocycles. The lowest BCUT2D eigenvalue weighted by molar-refractivity contribution is 0.139. The van der Waals surface area contributed by atoms with Crippen molar-refractivity contribution in [1.29, 1.82) is 0 Å². The molecule has 0 aromatic heterocycles. The Kier molecular flexibility index (Phi) is 13.8. The lowest BCUT2D eigenvalue weighted by Crippen LogP contribution is -2.40. The third kappa shape index (κ3) is 9.87. The van der Waals surface area contributed by atoms with E-state index in [1.54, 1.807) is 0 Å². The van der Waals surface area contributed by atoms with Gasteiger partial charge in [-0.05, 0) is 50.5 Å². The number of rotatable bonds is 9. The molecule has 2 unspecified atom stereocenters. The topological polar surface area (TPSA) is 30.9 Å². The van der Waals surface area contributed by atoms with Crippen LogP contribution < -0.4 is 5.32 Å². The summed E-state index contributed by atoms with van der Waals surface area (Å²) in [6.45, 7) is 14.4. The van der Waals surface area contributed by atoms with Gasteiger partial charge in [0.2, 0.25) is 0 Å². The summed E-state index contributed by atoms with van der Waals surface area (Å²) < 4.78 is 0. The Morgan fingerprint density at radius 3 is 2.50 bits per heavy atom. The average molecular weight is 450 g/mol. The summed E-state index contributed by atoms with van der Waals surface area (Å²) in [4.78, 5) is 9.22. The van der Waals surface area contributed by atoms with E-state index in [-0.39, 0.29) is 24.0 Å². The highest BCUT2D eigenvalue weighted by Crippen LogP contribution is 2.20. The first-order valence-electron chi connectivity index (χ1n) is 9.31. The fourth-order valence-electron chi connectivity index (χ4n) is 3.60. The molecule has 1 N–H and O–H groups in total. The normalized spacial score (nSPS) is 21.9. The Balaban J connectivity index is 0.00000529. The van der Waals surface area contributed by atoms with Gasteiger partial charge >= 0.3 is 0 Å². The largest absolute Gasteiger partial charge is 0.356 e. The number of unbranched alkanes of at least 4 members (excludes halogenated alkanes) is 2. The average Bonchev–Trinajstić information content (AvgIpc) is 2.50. The van der Waals surface area contributed by atoms with Gasteiger partial charge in [-0.1, -0.05) is 19.9 Å². The van der Waals surface area contributed by atoms with Gasteiger partial charge in [-0.2, -0.15) is 0 Å². The van der Waals surface area contributed by atoms with E-state index in [1.165, 1.54) is 38.9 Å². The maximum absolute atomic E-state index is 4.37. The molecule has 24 heavy (non-hydrogen) atoms. The van der Waals surface area contributed by atoms with Crippen LogP contribution in [0, 0.1) is 11.8 Å². The number of likely N-dealkylation sites (tertiary alicyclic amines) is 1. The first-order valence-corrected chi connectivity index (χ1v) is 9.31. The number of aliphatic imine (C=N–C) groups is 1. The Hall–Kier alpha value is -0.300. The van der Waals surface area contributed by atoms with E-state index in [2.05, 4.69) is 47.6 Å². The van der Waals surface area contributed by atoms with Crippen molar-refractivity contribution in [3.8, 4) is 0 Å². The van der Waals surface area contributed by atoms with Crippen LogP contribution in [-0.4, -0.2) is 62.6 Å². The second kappa shape index (κ2) is 13.9. The van der Waals surface area contributed by atoms with Gasteiger partial charge in [0, 0.05) is 40.3 Å². The standard InChI is InChI=1S/C19H38N4.HI/c1-6-7-9-12-22(5)19(20-4)21-11-8-10-13-23-15-17(2)14-18(3)16-23;/h6,17-18H,1,7-16H2,2-5H3,(H,20,21);1H. The smallest absolute Gasteiger partial charge is 0.193 e. The highest BCUT2D eigenvalue weighted by Gasteiger charge is 2.20. The van der Waals surface area contributed by atoms with Crippen molar-refractivity contribution in [3.05, 3.63) is 12.7 Å². The van der Waals surface area contributed by atoms with Crippen LogP contribution >= 0.6 is 24.0 Å². The summed E-state index contributed by atoms with van der Waals surface area (Å²) in [5.41, 5.74) is 0. The monoisotopic (exact) mass is 450 g/mol. The zero-order valence-electron chi connectivity index (χ0n) is 16.3. The van der Waals surface area contributed by atoms with Gasteiger partial charge in [-0.25, -0.2) is 0 Å². The minimum atomic E-state index is 0. The quantitative estimate of drug-likeness (QED) is 0.190. The first kappa shape index (κ1) is 23.7. The van der Waals surface area contributed by atoms with Crippen LogP contribution in [-0.2, 0) is 0 Å². The van der Waals surface area contributed by atoms with Gasteiger partial charge in [0.15, 0.2) is 5.96 Å². The van der Waals surface area contributed by atoms with Crippen molar-refractivity contribution in [2.45, 2.75) is 46.0 Å². The lowest BCUT2D eigenvalue weighted by atomic mass is 9.92. The molecule has 0 bridgehead atoms. The summed E-state index contributed by atoms with van der Waals surface area (Å²) in [5, 5.41) is 3.48. The van der Waals surface area contributed by atoms with Gasteiger partial charge in [-0.15, -0.1) is 30.6 Å². The summed E-state index contributed by atoms with van der Waals surface area (Å²) in [5.74, 6) is 2.73. The van der Waals surface area contributed by atoms with Crippen LogP contribution in [0.4, 0.5) is 0 Å². The molecule has 1 saturated heterocycles. The molecule has 0 spiro atoms. The molecular weight excluding hydrogens is 411 g/mol. The van der Waals surface area contributed by atoms with Gasteiger partial charge in [0.05, 0.1) is 0 Å². The maximum atomic E-state index is 4.37. The number of nitrogens with zero attached hydrogens (tertiary/aromatic N) is 3. The third-order valence-electron chi connectivity index (χ3n) is 4.60. The van der Waals surface area contributed by atoms with Crippen LogP contribution in [0.2, 0.25) is 0 Å². The number of guanidine groups is 1.